The van der Waals surface area contributed by atoms with E-state index in [1.54, 1.807) is 0 Å². The van der Waals surface area contributed by atoms with Crippen LogP contribution in [-0.2, 0) is 9.53 Å². The number of hydrogen-bond acceptors (Lipinski definition) is 2. The number of carbonyl (C=O) groups excluding carboxylic acids is 1. The highest BCUT2D eigenvalue weighted by Gasteiger charge is 2.36. The van der Waals surface area contributed by atoms with Crippen LogP contribution in [0.4, 0.5) is 8.78 Å². The van der Waals surface area contributed by atoms with Crippen molar-refractivity contribution in [2.24, 2.45) is 0 Å². The molecule has 0 N–H and O–H groups in total. The minimum Gasteiger partial charge on any atom is -0.461 e. The van der Waals surface area contributed by atoms with Crippen LogP contribution in [0.3, 0.4) is 0 Å². The molecule has 0 radical (unpaired) electrons. The molecule has 0 heterocycles. The lowest BCUT2D eigenvalue weighted by molar-refractivity contribution is -0.159. The van der Waals surface area contributed by atoms with Gasteiger partial charge in [0, 0.05) is 15.9 Å². The summed E-state index contributed by atoms with van der Waals surface area (Å²) in [6.07, 6.45) is 17.3. The number of alkyl halides is 3. The van der Waals surface area contributed by atoms with E-state index >= 15 is 0 Å². The van der Waals surface area contributed by atoms with Crippen molar-refractivity contribution in [2.45, 2.75) is 102 Å². The van der Waals surface area contributed by atoms with Crippen LogP contribution in [0.1, 0.15) is 96.8 Å². The van der Waals surface area contributed by atoms with Crippen molar-refractivity contribution in [1.82, 2.24) is 0 Å². The monoisotopic (exact) mass is 398 g/mol. The van der Waals surface area contributed by atoms with Crippen molar-refractivity contribution in [3.63, 3.8) is 0 Å². The molecule has 0 amide bonds. The summed E-state index contributed by atoms with van der Waals surface area (Å²) in [5.74, 6) is -1.49. The molecule has 0 atom stereocenters. The minimum absolute atomic E-state index is 0.0814. The highest BCUT2D eigenvalue weighted by molar-refractivity contribution is 9.10. The van der Waals surface area contributed by atoms with Crippen LogP contribution in [0, 0.1) is 0 Å². The lowest BCUT2D eigenvalue weighted by Crippen LogP contribution is -2.23. The van der Waals surface area contributed by atoms with Gasteiger partial charge in [-0.25, -0.2) is 4.79 Å². The van der Waals surface area contributed by atoms with Gasteiger partial charge in [-0.05, 0) is 6.42 Å². The Labute approximate surface area is 148 Å². The summed E-state index contributed by atoms with van der Waals surface area (Å²) in [6.45, 7) is 2.33. The van der Waals surface area contributed by atoms with E-state index in [1.807, 2.05) is 15.9 Å². The molecule has 0 bridgehead atoms. The Morgan fingerprint density at radius 1 is 0.783 bits per heavy atom. The topological polar surface area (TPSA) is 26.3 Å². The fourth-order valence-corrected chi connectivity index (χ4v) is 2.66. The number of ether oxygens (including phenoxy) is 1. The van der Waals surface area contributed by atoms with Gasteiger partial charge in [0.25, 0.3) is 0 Å². The molecule has 0 aromatic heterocycles. The molecule has 0 fully saturated rings. The zero-order valence-corrected chi connectivity index (χ0v) is 16.1. The molecule has 0 aliphatic heterocycles. The number of esters is 1. The zero-order valence-electron chi connectivity index (χ0n) is 14.6. The van der Waals surface area contributed by atoms with Gasteiger partial charge in [0.1, 0.15) is 0 Å². The van der Waals surface area contributed by atoms with Crippen LogP contribution >= 0.6 is 15.9 Å². The van der Waals surface area contributed by atoms with Crippen LogP contribution < -0.4 is 0 Å². The van der Waals surface area contributed by atoms with Crippen molar-refractivity contribution in [2.75, 3.05) is 6.61 Å². The van der Waals surface area contributed by atoms with E-state index in [2.05, 4.69) is 11.7 Å². The zero-order chi connectivity index (χ0) is 17.4. The fraction of sp³-hybridized carbons (Fsp3) is 0.944. The van der Waals surface area contributed by atoms with Crippen LogP contribution in [0.5, 0.6) is 0 Å². The molecular formula is C18H33BrF2O2. The Kier molecular flexibility index (Phi) is 15.2. The summed E-state index contributed by atoms with van der Waals surface area (Å²) in [7, 11) is 0. The Morgan fingerprint density at radius 3 is 1.48 bits per heavy atom. The summed E-state index contributed by atoms with van der Waals surface area (Å²) in [4.78, 5) is 7.23. The fourth-order valence-electron chi connectivity index (χ4n) is 2.54. The molecule has 0 aromatic rings. The molecule has 0 saturated heterocycles. The lowest BCUT2D eigenvalue weighted by atomic mass is 10.0. The number of halogens is 3. The lowest BCUT2D eigenvalue weighted by Gasteiger charge is -2.08. The van der Waals surface area contributed by atoms with Gasteiger partial charge in [-0.1, -0.05) is 90.4 Å². The average molecular weight is 399 g/mol. The predicted molar refractivity (Wildman–Crippen MR) is 95.1 cm³/mol. The van der Waals surface area contributed by atoms with E-state index < -0.39 is 10.8 Å². The van der Waals surface area contributed by atoms with Crippen LogP contribution in [0.2, 0.25) is 0 Å². The Balaban J connectivity index is 3.12. The van der Waals surface area contributed by atoms with E-state index in [-0.39, 0.29) is 6.61 Å². The maximum atomic E-state index is 12.4. The van der Waals surface area contributed by atoms with Crippen LogP contribution in [0.25, 0.3) is 0 Å². The number of carbonyl (C=O) groups is 1. The first-order chi connectivity index (χ1) is 11.0. The SMILES string of the molecule is CCCCCCCCCCCCCCCCOC(=O)C(F)(F)Br. The second kappa shape index (κ2) is 15.3. The van der Waals surface area contributed by atoms with E-state index in [9.17, 15) is 13.6 Å². The van der Waals surface area contributed by atoms with E-state index in [0.29, 0.717) is 6.42 Å². The third-order valence-electron chi connectivity index (χ3n) is 3.96. The average Bonchev–Trinajstić information content (AvgIpc) is 2.50. The molecule has 0 aromatic carbocycles. The summed E-state index contributed by atoms with van der Waals surface area (Å²) in [6, 6.07) is 0. The molecule has 0 saturated carbocycles. The molecule has 0 aliphatic carbocycles. The molecular weight excluding hydrogens is 366 g/mol. The van der Waals surface area contributed by atoms with E-state index in [0.717, 1.165) is 12.8 Å². The van der Waals surface area contributed by atoms with Gasteiger partial charge in [-0.2, -0.15) is 8.78 Å². The maximum Gasteiger partial charge on any atom is 0.395 e. The standard InChI is InChI=1S/C18H33BrF2O2/c1-2-3-4-5-6-7-8-9-10-11-12-13-14-15-16-23-17(22)18(19,20)21/h2-16H2,1H3. The maximum absolute atomic E-state index is 12.4. The Bertz CT molecular complexity index is 281. The summed E-state index contributed by atoms with van der Waals surface area (Å²) in [5.41, 5.74) is 0. The second-order valence-corrected chi connectivity index (χ2v) is 7.23. The number of unbranched alkanes of at least 4 members (excludes halogenated alkanes) is 13. The molecule has 23 heavy (non-hydrogen) atoms. The van der Waals surface area contributed by atoms with Crippen molar-refractivity contribution in [3.8, 4) is 0 Å². The first-order valence-corrected chi connectivity index (χ1v) is 10.0. The molecule has 5 heteroatoms. The third kappa shape index (κ3) is 16.5. The summed E-state index contributed by atoms with van der Waals surface area (Å²) in [5, 5.41) is 0. The van der Waals surface area contributed by atoms with E-state index in [1.165, 1.54) is 70.6 Å². The number of hydrogen-bond donors (Lipinski definition) is 0. The third-order valence-corrected chi connectivity index (χ3v) is 4.29. The van der Waals surface area contributed by atoms with Gasteiger partial charge < -0.3 is 4.74 Å². The quantitative estimate of drug-likeness (QED) is 0.159. The van der Waals surface area contributed by atoms with Gasteiger partial charge in [-0.15, -0.1) is 0 Å². The van der Waals surface area contributed by atoms with Crippen molar-refractivity contribution in [3.05, 3.63) is 0 Å². The van der Waals surface area contributed by atoms with Crippen molar-refractivity contribution < 1.29 is 18.3 Å². The minimum atomic E-state index is -3.55. The summed E-state index contributed by atoms with van der Waals surface area (Å²) < 4.78 is 29.4. The Hall–Kier alpha value is -0.190. The molecule has 138 valence electrons. The van der Waals surface area contributed by atoms with Gasteiger partial charge in [-0.3, -0.25) is 0 Å². The highest BCUT2D eigenvalue weighted by Crippen LogP contribution is 2.23. The van der Waals surface area contributed by atoms with Gasteiger partial charge in [0.15, 0.2) is 0 Å². The Morgan fingerprint density at radius 2 is 1.13 bits per heavy atom. The summed E-state index contributed by atoms with van der Waals surface area (Å²) >= 11 is 1.98. The first kappa shape index (κ1) is 22.8. The van der Waals surface area contributed by atoms with E-state index in [4.69, 9.17) is 0 Å². The van der Waals surface area contributed by atoms with Gasteiger partial charge in [0.05, 0.1) is 6.61 Å². The molecule has 0 rings (SSSR count). The molecule has 0 spiro atoms. The molecule has 0 unspecified atom stereocenters. The van der Waals surface area contributed by atoms with Gasteiger partial charge >= 0.3 is 10.8 Å². The largest absolute Gasteiger partial charge is 0.461 e. The smallest absolute Gasteiger partial charge is 0.395 e. The predicted octanol–water partition coefficient (Wildman–Crippen LogP) is 7.00. The molecule has 0 aliphatic rings. The van der Waals surface area contributed by atoms with Crippen LogP contribution in [-0.4, -0.2) is 17.4 Å². The highest BCUT2D eigenvalue weighted by atomic mass is 79.9. The van der Waals surface area contributed by atoms with Gasteiger partial charge in [0.2, 0.25) is 0 Å². The van der Waals surface area contributed by atoms with Crippen molar-refractivity contribution in [1.29, 1.82) is 0 Å². The van der Waals surface area contributed by atoms with Crippen LogP contribution in [0.15, 0.2) is 0 Å². The number of rotatable bonds is 16. The van der Waals surface area contributed by atoms with Crippen molar-refractivity contribution >= 4 is 21.9 Å². The second-order valence-electron chi connectivity index (χ2n) is 6.23. The normalized spacial score (nSPS) is 11.7. The molecule has 2 nitrogen and oxygen atoms in total. The first-order valence-electron chi connectivity index (χ1n) is 9.22.